The van der Waals surface area contributed by atoms with E-state index >= 15 is 0 Å². The minimum atomic E-state index is -0.0307. The zero-order valence-electron chi connectivity index (χ0n) is 9.80. The molecule has 0 radical (unpaired) electrons. The van der Waals surface area contributed by atoms with E-state index in [9.17, 15) is 0 Å². The van der Waals surface area contributed by atoms with Gasteiger partial charge in [0.1, 0.15) is 0 Å². The molecule has 0 aromatic rings. The summed E-state index contributed by atoms with van der Waals surface area (Å²) in [5.74, 6) is 0. The van der Waals surface area contributed by atoms with Crippen LogP contribution in [0.15, 0.2) is 0 Å². The molecule has 0 rings (SSSR count). The topological polar surface area (TPSA) is 50.1 Å². The van der Waals surface area contributed by atoms with Gasteiger partial charge in [0.05, 0.1) is 0 Å². The van der Waals surface area contributed by atoms with Crippen LogP contribution < -0.4 is 16.4 Å². The number of hydrogen-bond acceptors (Lipinski definition) is 4. The van der Waals surface area contributed by atoms with Gasteiger partial charge in [-0.2, -0.15) is 12.6 Å². The first kappa shape index (κ1) is 14.2. The average molecular weight is 219 g/mol. The lowest BCUT2D eigenvalue weighted by Crippen LogP contribution is -2.52. The molecule has 0 aliphatic carbocycles. The fourth-order valence-electron chi connectivity index (χ4n) is 1.18. The maximum Gasteiger partial charge on any atom is 0.0332 e. The van der Waals surface area contributed by atoms with E-state index in [4.69, 9.17) is 5.73 Å². The third-order valence-electron chi connectivity index (χ3n) is 2.12. The summed E-state index contributed by atoms with van der Waals surface area (Å²) in [5.41, 5.74) is 5.47. The highest BCUT2D eigenvalue weighted by atomic mass is 32.1. The first-order valence-electron chi connectivity index (χ1n) is 5.27. The highest BCUT2D eigenvalue weighted by Crippen LogP contribution is 2.16. The van der Waals surface area contributed by atoms with Crippen molar-refractivity contribution in [3.05, 3.63) is 0 Å². The third-order valence-corrected chi connectivity index (χ3v) is 2.43. The fraction of sp³-hybridized carbons (Fsp3) is 1.00. The van der Waals surface area contributed by atoms with Crippen molar-refractivity contribution in [2.24, 2.45) is 5.73 Å². The minimum absolute atomic E-state index is 0.0307. The lowest BCUT2D eigenvalue weighted by molar-refractivity contribution is 0.399. The van der Waals surface area contributed by atoms with Crippen molar-refractivity contribution in [1.29, 1.82) is 0 Å². The first-order valence-corrected chi connectivity index (χ1v) is 5.72. The Morgan fingerprint density at radius 3 is 2.21 bits per heavy atom. The van der Waals surface area contributed by atoms with Gasteiger partial charge in [0.25, 0.3) is 0 Å². The second kappa shape index (κ2) is 6.67. The van der Waals surface area contributed by atoms with Crippen molar-refractivity contribution in [2.75, 3.05) is 19.6 Å². The van der Waals surface area contributed by atoms with E-state index in [-0.39, 0.29) is 4.75 Å². The summed E-state index contributed by atoms with van der Waals surface area (Å²) in [5, 5.41) is 6.81. The van der Waals surface area contributed by atoms with Gasteiger partial charge in [0, 0.05) is 36.5 Å². The predicted molar refractivity (Wildman–Crippen MR) is 67.0 cm³/mol. The first-order chi connectivity index (χ1) is 6.38. The average Bonchev–Trinajstić information content (AvgIpc) is 2.01. The summed E-state index contributed by atoms with van der Waals surface area (Å²) in [6.45, 7) is 11.0. The Morgan fingerprint density at radius 1 is 1.29 bits per heavy atom. The van der Waals surface area contributed by atoms with Crippen molar-refractivity contribution in [2.45, 2.75) is 44.5 Å². The number of thiol groups is 1. The van der Waals surface area contributed by atoms with Crippen LogP contribution in [0.5, 0.6) is 0 Å². The van der Waals surface area contributed by atoms with E-state index in [0.717, 1.165) is 13.1 Å². The molecule has 86 valence electrons. The number of nitrogens with two attached hydrogens (primary N) is 1. The molecule has 3 nitrogen and oxygen atoms in total. The lowest BCUT2D eigenvalue weighted by Gasteiger charge is -2.31. The number of hydrogen-bond donors (Lipinski definition) is 4. The van der Waals surface area contributed by atoms with Crippen LogP contribution in [0.25, 0.3) is 0 Å². The Bertz CT molecular complexity index is 143. The van der Waals surface area contributed by atoms with Gasteiger partial charge in [0.2, 0.25) is 0 Å². The summed E-state index contributed by atoms with van der Waals surface area (Å²) in [7, 11) is 0. The number of nitrogens with one attached hydrogen (secondary N) is 2. The lowest BCUT2D eigenvalue weighted by atomic mass is 10.0. The zero-order valence-corrected chi connectivity index (χ0v) is 10.7. The molecule has 14 heavy (non-hydrogen) atoms. The summed E-state index contributed by atoms with van der Waals surface area (Å²) in [6.07, 6.45) is 0. The van der Waals surface area contributed by atoms with Gasteiger partial charge >= 0.3 is 0 Å². The van der Waals surface area contributed by atoms with Gasteiger partial charge in [-0.25, -0.2) is 0 Å². The van der Waals surface area contributed by atoms with Crippen molar-refractivity contribution in [3.63, 3.8) is 0 Å². The second-order valence-corrected chi connectivity index (χ2v) is 5.66. The molecule has 0 aliphatic rings. The highest BCUT2D eigenvalue weighted by Gasteiger charge is 2.24. The van der Waals surface area contributed by atoms with E-state index in [0.29, 0.717) is 18.6 Å². The van der Waals surface area contributed by atoms with Crippen LogP contribution in [0, 0.1) is 0 Å². The molecule has 0 aliphatic heterocycles. The summed E-state index contributed by atoms with van der Waals surface area (Å²) in [4.78, 5) is 0. The largest absolute Gasteiger partial charge is 0.329 e. The molecule has 1 atom stereocenters. The van der Waals surface area contributed by atoms with Gasteiger partial charge in [-0.05, 0) is 13.8 Å². The molecule has 0 bridgehead atoms. The maximum atomic E-state index is 5.47. The van der Waals surface area contributed by atoms with Crippen LogP contribution in [-0.2, 0) is 0 Å². The molecule has 1 unspecified atom stereocenters. The molecular formula is C10H25N3S. The normalized spacial score (nSPS) is 14.8. The van der Waals surface area contributed by atoms with Crippen LogP contribution in [-0.4, -0.2) is 36.5 Å². The van der Waals surface area contributed by atoms with Gasteiger partial charge < -0.3 is 16.4 Å². The predicted octanol–water partition coefficient (Wildman–Crippen LogP) is 0.610. The van der Waals surface area contributed by atoms with Crippen molar-refractivity contribution in [1.82, 2.24) is 10.6 Å². The fourth-order valence-corrected chi connectivity index (χ4v) is 1.37. The summed E-state index contributed by atoms with van der Waals surface area (Å²) in [6, 6.07) is 0.852. The SMILES string of the molecule is CC(C)NCC(NCCN)C(C)(C)S. The van der Waals surface area contributed by atoms with E-state index < -0.39 is 0 Å². The Hall–Kier alpha value is 0.230. The molecule has 0 fully saturated rings. The molecular weight excluding hydrogens is 194 g/mol. The molecule has 4 heteroatoms. The minimum Gasteiger partial charge on any atom is -0.329 e. The highest BCUT2D eigenvalue weighted by molar-refractivity contribution is 7.81. The van der Waals surface area contributed by atoms with Crippen LogP contribution in [0.2, 0.25) is 0 Å². The van der Waals surface area contributed by atoms with Crippen molar-refractivity contribution in [3.8, 4) is 0 Å². The van der Waals surface area contributed by atoms with Crippen LogP contribution in [0.1, 0.15) is 27.7 Å². The van der Waals surface area contributed by atoms with E-state index in [1.54, 1.807) is 0 Å². The second-order valence-electron chi connectivity index (χ2n) is 4.51. The van der Waals surface area contributed by atoms with Crippen molar-refractivity contribution < 1.29 is 0 Å². The molecule has 0 spiro atoms. The molecule has 0 saturated carbocycles. The van der Waals surface area contributed by atoms with Gasteiger partial charge in [-0.15, -0.1) is 0 Å². The van der Waals surface area contributed by atoms with E-state index in [1.807, 2.05) is 0 Å². The van der Waals surface area contributed by atoms with Gasteiger partial charge in [-0.3, -0.25) is 0 Å². The molecule has 0 aromatic carbocycles. The standard InChI is InChI=1S/C10H25N3S/c1-8(2)13-7-9(10(3,4)14)12-6-5-11/h8-9,12-14H,5-7,11H2,1-4H3. The molecule has 4 N–H and O–H groups in total. The van der Waals surface area contributed by atoms with Crippen molar-refractivity contribution >= 4 is 12.6 Å². The Kier molecular flexibility index (Phi) is 6.78. The van der Waals surface area contributed by atoms with Gasteiger partial charge in [-0.1, -0.05) is 13.8 Å². The molecule has 0 aromatic heterocycles. The van der Waals surface area contributed by atoms with Crippen LogP contribution >= 0.6 is 12.6 Å². The summed E-state index contributed by atoms with van der Waals surface area (Å²) >= 11 is 4.58. The summed E-state index contributed by atoms with van der Waals surface area (Å²) < 4.78 is -0.0307. The quantitative estimate of drug-likeness (QED) is 0.475. The smallest absolute Gasteiger partial charge is 0.0332 e. The van der Waals surface area contributed by atoms with E-state index in [1.165, 1.54) is 0 Å². The Labute approximate surface area is 93.6 Å². The molecule has 0 amide bonds. The van der Waals surface area contributed by atoms with Crippen LogP contribution in [0.4, 0.5) is 0 Å². The van der Waals surface area contributed by atoms with Gasteiger partial charge in [0.15, 0.2) is 0 Å². The molecule has 0 heterocycles. The Balaban J connectivity index is 3.98. The molecule has 0 saturated heterocycles. The maximum absolute atomic E-state index is 5.47. The monoisotopic (exact) mass is 219 g/mol. The zero-order chi connectivity index (χ0) is 11.2. The number of rotatable bonds is 7. The van der Waals surface area contributed by atoms with Crippen LogP contribution in [0.3, 0.4) is 0 Å². The van der Waals surface area contributed by atoms with E-state index in [2.05, 4.69) is 51.0 Å². The third kappa shape index (κ3) is 6.65. The Morgan fingerprint density at radius 2 is 1.86 bits per heavy atom.